The number of nitrogens with one attached hydrogen (secondary N) is 2. The highest BCUT2D eigenvalue weighted by molar-refractivity contribution is 8.00. The molecule has 7 nitrogen and oxygen atoms in total. The van der Waals surface area contributed by atoms with Crippen LogP contribution in [0.15, 0.2) is 36.4 Å². The highest BCUT2D eigenvalue weighted by atomic mass is 35.5. The molecule has 2 rings (SSSR count). The number of esters is 1. The fraction of sp³-hybridized carbons (Fsp3) is 0.286. The Hall–Kier alpha value is -2.71. The van der Waals surface area contributed by atoms with Crippen LogP contribution in [0.5, 0.6) is 5.75 Å². The number of anilines is 2. The molecule has 2 amide bonds. The Morgan fingerprint density at radius 3 is 2.43 bits per heavy atom. The number of carbonyl (C=O) groups excluding carboxylic acids is 3. The number of thioether (sulfide) groups is 1. The Morgan fingerprint density at radius 1 is 1.00 bits per heavy atom. The van der Waals surface area contributed by atoms with Crippen molar-refractivity contribution in [3.8, 4) is 5.75 Å². The number of methoxy groups -OCH3 is 1. The van der Waals surface area contributed by atoms with E-state index in [0.29, 0.717) is 16.5 Å². The first kappa shape index (κ1) is 23.6. The summed E-state index contributed by atoms with van der Waals surface area (Å²) in [6.07, 6.45) is 0. The summed E-state index contributed by atoms with van der Waals surface area (Å²) in [6.45, 7) is 3.46. The van der Waals surface area contributed by atoms with Crippen LogP contribution in [0.1, 0.15) is 11.1 Å². The van der Waals surface area contributed by atoms with Crippen LogP contribution >= 0.6 is 23.4 Å². The third-order valence-electron chi connectivity index (χ3n) is 3.91. The van der Waals surface area contributed by atoms with Gasteiger partial charge in [0.1, 0.15) is 5.75 Å². The number of carbonyl (C=O) groups is 3. The molecule has 160 valence electrons. The maximum absolute atomic E-state index is 12.0. The van der Waals surface area contributed by atoms with Gasteiger partial charge in [-0.05, 0) is 43.7 Å². The molecule has 0 saturated carbocycles. The first-order chi connectivity index (χ1) is 14.3. The maximum atomic E-state index is 12.0. The van der Waals surface area contributed by atoms with E-state index >= 15 is 0 Å². The zero-order valence-corrected chi connectivity index (χ0v) is 18.5. The zero-order valence-electron chi connectivity index (χ0n) is 16.9. The van der Waals surface area contributed by atoms with E-state index in [-0.39, 0.29) is 17.4 Å². The molecular formula is C21H23ClN2O5S. The number of hydrogen-bond acceptors (Lipinski definition) is 6. The Morgan fingerprint density at radius 2 is 1.77 bits per heavy atom. The second-order valence-electron chi connectivity index (χ2n) is 6.42. The highest BCUT2D eigenvalue weighted by Crippen LogP contribution is 2.27. The van der Waals surface area contributed by atoms with E-state index in [1.807, 2.05) is 32.0 Å². The van der Waals surface area contributed by atoms with E-state index in [1.165, 1.54) is 13.2 Å². The smallest absolute Gasteiger partial charge is 0.316 e. The molecule has 2 aromatic carbocycles. The van der Waals surface area contributed by atoms with Gasteiger partial charge in [-0.1, -0.05) is 29.3 Å². The average Bonchev–Trinajstić information content (AvgIpc) is 2.69. The molecule has 2 aromatic rings. The van der Waals surface area contributed by atoms with Crippen LogP contribution in [0.4, 0.5) is 11.4 Å². The zero-order chi connectivity index (χ0) is 22.1. The first-order valence-corrected chi connectivity index (χ1v) is 10.6. The first-order valence-electron chi connectivity index (χ1n) is 9.02. The van der Waals surface area contributed by atoms with Crippen molar-refractivity contribution in [3.63, 3.8) is 0 Å². The van der Waals surface area contributed by atoms with E-state index < -0.39 is 18.5 Å². The van der Waals surface area contributed by atoms with Crippen molar-refractivity contribution in [2.24, 2.45) is 0 Å². The number of halogens is 1. The van der Waals surface area contributed by atoms with Gasteiger partial charge < -0.3 is 20.1 Å². The Bertz CT molecular complexity index is 936. The van der Waals surface area contributed by atoms with Crippen molar-refractivity contribution in [3.05, 3.63) is 52.5 Å². The monoisotopic (exact) mass is 450 g/mol. The van der Waals surface area contributed by atoms with E-state index in [1.54, 1.807) is 12.1 Å². The van der Waals surface area contributed by atoms with Crippen LogP contribution in [-0.4, -0.2) is 43.0 Å². The molecule has 0 aromatic heterocycles. The van der Waals surface area contributed by atoms with Gasteiger partial charge in [0, 0.05) is 11.4 Å². The van der Waals surface area contributed by atoms with Crippen LogP contribution in [0.2, 0.25) is 5.02 Å². The fourth-order valence-corrected chi connectivity index (χ4v) is 3.36. The Balaban J connectivity index is 1.67. The standard InChI is InChI=1S/C21H23ClN2O5S/c1-13-4-6-17(14(2)8-13)24-20(26)11-30-12-21(27)29-10-19(25)23-15-5-7-18(28-3)16(22)9-15/h4-9H,10-12H2,1-3H3,(H,23,25)(H,24,26). The summed E-state index contributed by atoms with van der Waals surface area (Å²) in [7, 11) is 1.49. The lowest BCUT2D eigenvalue weighted by Crippen LogP contribution is -2.22. The van der Waals surface area contributed by atoms with Gasteiger partial charge >= 0.3 is 5.97 Å². The third-order valence-corrected chi connectivity index (χ3v) is 5.11. The van der Waals surface area contributed by atoms with Gasteiger partial charge in [-0.2, -0.15) is 0 Å². The normalized spacial score (nSPS) is 10.3. The molecule has 0 atom stereocenters. The number of amides is 2. The van der Waals surface area contributed by atoms with Crippen molar-refractivity contribution in [2.45, 2.75) is 13.8 Å². The van der Waals surface area contributed by atoms with Crippen LogP contribution < -0.4 is 15.4 Å². The maximum Gasteiger partial charge on any atom is 0.316 e. The molecule has 30 heavy (non-hydrogen) atoms. The summed E-state index contributed by atoms with van der Waals surface area (Å²) < 4.78 is 9.96. The molecule has 0 heterocycles. The minimum atomic E-state index is -0.581. The fourth-order valence-electron chi connectivity index (χ4n) is 2.50. The summed E-state index contributed by atoms with van der Waals surface area (Å²) in [6, 6.07) is 10.5. The molecule has 0 unspecified atom stereocenters. The van der Waals surface area contributed by atoms with Gasteiger partial charge in [0.25, 0.3) is 5.91 Å². The number of aryl methyl sites for hydroxylation is 2. The predicted octanol–water partition coefficient (Wildman–Crippen LogP) is 3.82. The molecule has 0 saturated heterocycles. The topological polar surface area (TPSA) is 93.7 Å². The quantitative estimate of drug-likeness (QED) is 0.564. The summed E-state index contributed by atoms with van der Waals surface area (Å²) in [4.78, 5) is 35.7. The molecule has 9 heteroatoms. The van der Waals surface area contributed by atoms with E-state index in [9.17, 15) is 14.4 Å². The largest absolute Gasteiger partial charge is 0.495 e. The van der Waals surface area contributed by atoms with Gasteiger partial charge in [-0.25, -0.2) is 0 Å². The lowest BCUT2D eigenvalue weighted by molar-refractivity contribution is -0.144. The Kier molecular flexibility index (Phi) is 9.01. The lowest BCUT2D eigenvalue weighted by Gasteiger charge is -2.09. The van der Waals surface area contributed by atoms with Crippen molar-refractivity contribution in [1.29, 1.82) is 0 Å². The van der Waals surface area contributed by atoms with Gasteiger partial charge in [0.05, 0.1) is 23.6 Å². The van der Waals surface area contributed by atoms with Crippen molar-refractivity contribution in [2.75, 3.05) is 35.9 Å². The van der Waals surface area contributed by atoms with Crippen LogP contribution in [0.3, 0.4) is 0 Å². The van der Waals surface area contributed by atoms with Crippen LogP contribution in [-0.2, 0) is 19.1 Å². The number of ether oxygens (including phenoxy) is 2. The minimum Gasteiger partial charge on any atom is -0.495 e. The van der Waals surface area contributed by atoms with E-state index in [0.717, 1.165) is 28.6 Å². The van der Waals surface area contributed by atoms with Gasteiger partial charge in [-0.3, -0.25) is 14.4 Å². The highest BCUT2D eigenvalue weighted by Gasteiger charge is 2.11. The number of benzene rings is 2. The molecule has 0 radical (unpaired) electrons. The molecule has 0 spiro atoms. The SMILES string of the molecule is COc1ccc(NC(=O)COC(=O)CSCC(=O)Nc2ccc(C)cc2C)cc1Cl. The molecule has 0 bridgehead atoms. The van der Waals surface area contributed by atoms with E-state index in [2.05, 4.69) is 10.6 Å². The second kappa shape index (κ2) is 11.5. The summed E-state index contributed by atoms with van der Waals surface area (Å²) in [5.74, 6) is -0.751. The number of hydrogen-bond donors (Lipinski definition) is 2. The van der Waals surface area contributed by atoms with Gasteiger partial charge in [0.2, 0.25) is 5.91 Å². The molecule has 0 aliphatic carbocycles. The van der Waals surface area contributed by atoms with Crippen molar-refractivity contribution >= 4 is 52.5 Å². The van der Waals surface area contributed by atoms with Gasteiger partial charge in [0.15, 0.2) is 6.61 Å². The molecule has 0 fully saturated rings. The molecule has 2 N–H and O–H groups in total. The summed E-state index contributed by atoms with van der Waals surface area (Å²) in [5, 5.41) is 5.73. The second-order valence-corrected chi connectivity index (χ2v) is 7.81. The van der Waals surface area contributed by atoms with Gasteiger partial charge in [-0.15, -0.1) is 11.8 Å². The molecular weight excluding hydrogens is 428 g/mol. The van der Waals surface area contributed by atoms with Crippen molar-refractivity contribution in [1.82, 2.24) is 0 Å². The van der Waals surface area contributed by atoms with Crippen LogP contribution in [0.25, 0.3) is 0 Å². The number of rotatable bonds is 9. The summed E-state index contributed by atoms with van der Waals surface area (Å²) >= 11 is 7.10. The van der Waals surface area contributed by atoms with Crippen molar-refractivity contribution < 1.29 is 23.9 Å². The summed E-state index contributed by atoms with van der Waals surface area (Å²) in [5.41, 5.74) is 3.28. The molecule has 0 aliphatic heterocycles. The predicted molar refractivity (Wildman–Crippen MR) is 119 cm³/mol. The Labute approximate surface area is 184 Å². The van der Waals surface area contributed by atoms with Crippen LogP contribution in [0, 0.1) is 13.8 Å². The molecule has 0 aliphatic rings. The van der Waals surface area contributed by atoms with E-state index in [4.69, 9.17) is 21.1 Å². The minimum absolute atomic E-state index is 0.0397. The average molecular weight is 451 g/mol. The third kappa shape index (κ3) is 7.61. The lowest BCUT2D eigenvalue weighted by atomic mass is 10.1.